The van der Waals surface area contributed by atoms with Gasteiger partial charge in [0.05, 0.1) is 0 Å². The van der Waals surface area contributed by atoms with Crippen molar-refractivity contribution in [1.82, 2.24) is 0 Å². The molecule has 0 aromatic heterocycles. The van der Waals surface area contributed by atoms with E-state index in [1.807, 2.05) is 0 Å². The summed E-state index contributed by atoms with van der Waals surface area (Å²) in [5.41, 5.74) is 0. The van der Waals surface area contributed by atoms with Gasteiger partial charge in [-0.25, -0.2) is 0 Å². The van der Waals surface area contributed by atoms with Gasteiger partial charge in [0.2, 0.25) is 0 Å². The van der Waals surface area contributed by atoms with Crippen LogP contribution in [0, 0.1) is 5.92 Å². The molecule has 0 amide bonds. The lowest BCUT2D eigenvalue weighted by atomic mass is 10.1. The smallest absolute Gasteiger partial charge is 0.0381 e. The Hall–Kier alpha value is 0.430. The van der Waals surface area contributed by atoms with Gasteiger partial charge < -0.3 is 0 Å². The summed E-state index contributed by atoms with van der Waals surface area (Å²) in [4.78, 5) is 0. The molecule has 0 nitrogen and oxygen atoms in total. The molecule has 0 bridgehead atoms. The third-order valence-corrected chi connectivity index (χ3v) is 1.64. The number of rotatable bonds is 4. The van der Waals surface area contributed by atoms with E-state index >= 15 is 0 Å². The van der Waals surface area contributed by atoms with E-state index in [0.717, 1.165) is 5.92 Å². The summed E-state index contributed by atoms with van der Waals surface area (Å²) in [7, 11) is 2.76. The third kappa shape index (κ3) is 6.43. The van der Waals surface area contributed by atoms with Crippen LogP contribution in [-0.2, 0) is 0 Å². The van der Waals surface area contributed by atoms with Crippen molar-refractivity contribution in [2.24, 2.45) is 5.92 Å². The van der Waals surface area contributed by atoms with Crippen molar-refractivity contribution in [2.45, 2.75) is 33.1 Å². The monoisotopic (exact) mass is 132 g/mol. The van der Waals surface area contributed by atoms with Crippen LogP contribution in [0.1, 0.15) is 33.1 Å². The van der Waals surface area contributed by atoms with Crippen LogP contribution < -0.4 is 0 Å². The molecule has 0 aromatic rings. The molecular formula is C7H17P. The average molecular weight is 132 g/mol. The first-order valence-electron chi connectivity index (χ1n) is 3.47. The van der Waals surface area contributed by atoms with Crippen LogP contribution in [0.3, 0.4) is 0 Å². The van der Waals surface area contributed by atoms with Gasteiger partial charge in [-0.2, -0.15) is 0 Å². The lowest BCUT2D eigenvalue weighted by Gasteiger charge is -2.00. The van der Waals surface area contributed by atoms with Crippen LogP contribution in [-0.4, -0.2) is 6.16 Å². The molecule has 1 atom stereocenters. The van der Waals surface area contributed by atoms with E-state index in [4.69, 9.17) is 0 Å². The molecule has 0 aliphatic rings. The zero-order valence-corrected chi connectivity index (χ0v) is 7.14. The molecule has 0 saturated heterocycles. The highest BCUT2D eigenvalue weighted by molar-refractivity contribution is 7.16. The summed E-state index contributed by atoms with van der Waals surface area (Å²) >= 11 is 0. The van der Waals surface area contributed by atoms with Gasteiger partial charge in [-0.15, -0.1) is 9.24 Å². The Bertz CT molecular complexity index is 41.7. The molecule has 0 spiro atoms. The first-order chi connectivity index (χ1) is 3.77. The highest BCUT2D eigenvalue weighted by atomic mass is 31.0. The molecule has 8 heavy (non-hydrogen) atoms. The molecule has 0 aliphatic heterocycles. The van der Waals surface area contributed by atoms with Crippen LogP contribution >= 0.6 is 9.24 Å². The van der Waals surface area contributed by atoms with Gasteiger partial charge in [-0.1, -0.05) is 26.7 Å². The normalized spacial score (nSPS) is 10.5. The first-order valence-corrected chi connectivity index (χ1v) is 4.29. The zero-order chi connectivity index (χ0) is 6.41. The highest BCUT2D eigenvalue weighted by Gasteiger charge is 1.90. The summed E-state index contributed by atoms with van der Waals surface area (Å²) in [6.07, 6.45) is 5.45. The molecule has 0 N–H and O–H groups in total. The molecule has 0 aliphatic carbocycles. The van der Waals surface area contributed by atoms with Gasteiger partial charge in [-0.05, 0) is 18.5 Å². The Morgan fingerprint density at radius 2 is 1.88 bits per heavy atom. The Morgan fingerprint density at radius 3 is 2.25 bits per heavy atom. The van der Waals surface area contributed by atoms with Crippen molar-refractivity contribution in [3.63, 3.8) is 0 Å². The number of hydrogen-bond acceptors (Lipinski definition) is 0. The van der Waals surface area contributed by atoms with E-state index in [0.29, 0.717) is 0 Å². The van der Waals surface area contributed by atoms with Gasteiger partial charge in [0.25, 0.3) is 0 Å². The Labute approximate surface area is 55.3 Å². The molecule has 0 saturated carbocycles. The van der Waals surface area contributed by atoms with E-state index in [2.05, 4.69) is 23.1 Å². The second-order valence-electron chi connectivity index (χ2n) is 2.68. The molecule has 0 rings (SSSR count). The summed E-state index contributed by atoms with van der Waals surface area (Å²) in [6.45, 7) is 4.56. The molecule has 1 unspecified atom stereocenters. The van der Waals surface area contributed by atoms with Crippen LogP contribution in [0.4, 0.5) is 0 Å². The summed E-state index contributed by atoms with van der Waals surface area (Å²) in [5, 5.41) is 0. The summed E-state index contributed by atoms with van der Waals surface area (Å²) in [5.74, 6) is 0.895. The quantitative estimate of drug-likeness (QED) is 0.407. The first kappa shape index (κ1) is 8.43. The van der Waals surface area contributed by atoms with Crippen LogP contribution in [0.15, 0.2) is 0 Å². The molecule has 0 fully saturated rings. The second-order valence-corrected chi connectivity index (χ2v) is 3.26. The van der Waals surface area contributed by atoms with Crippen molar-refractivity contribution in [2.75, 3.05) is 6.16 Å². The Kier molecular flexibility index (Phi) is 5.86. The highest BCUT2D eigenvalue weighted by Crippen LogP contribution is 2.06. The Balaban J connectivity index is 2.72. The van der Waals surface area contributed by atoms with Crippen molar-refractivity contribution in [3.05, 3.63) is 0 Å². The van der Waals surface area contributed by atoms with Crippen LogP contribution in [0.2, 0.25) is 0 Å². The maximum atomic E-state index is 2.76. The van der Waals surface area contributed by atoms with Crippen molar-refractivity contribution in [3.8, 4) is 0 Å². The zero-order valence-electron chi connectivity index (χ0n) is 5.98. The SMILES string of the molecule is CC(C)CCCCP. The van der Waals surface area contributed by atoms with Gasteiger partial charge in [0.1, 0.15) is 0 Å². The minimum absolute atomic E-state index is 0.895. The molecular weight excluding hydrogens is 115 g/mol. The minimum Gasteiger partial charge on any atom is -0.138 e. The van der Waals surface area contributed by atoms with E-state index < -0.39 is 0 Å². The van der Waals surface area contributed by atoms with E-state index in [1.54, 1.807) is 0 Å². The second kappa shape index (κ2) is 5.56. The van der Waals surface area contributed by atoms with E-state index in [-0.39, 0.29) is 0 Å². The molecule has 0 aromatic carbocycles. The molecule has 1 heteroatoms. The van der Waals surface area contributed by atoms with E-state index in [9.17, 15) is 0 Å². The Morgan fingerprint density at radius 1 is 1.25 bits per heavy atom. The lowest BCUT2D eigenvalue weighted by molar-refractivity contribution is 0.551. The van der Waals surface area contributed by atoms with Gasteiger partial charge in [0.15, 0.2) is 0 Å². The lowest BCUT2D eigenvalue weighted by Crippen LogP contribution is -1.86. The topological polar surface area (TPSA) is 0 Å². The largest absolute Gasteiger partial charge is 0.138 e. The van der Waals surface area contributed by atoms with Crippen LogP contribution in [0.25, 0.3) is 0 Å². The maximum absolute atomic E-state index is 2.76. The van der Waals surface area contributed by atoms with Gasteiger partial charge in [-0.3, -0.25) is 0 Å². The summed E-state index contributed by atoms with van der Waals surface area (Å²) < 4.78 is 0. The average Bonchev–Trinajstić information content (AvgIpc) is 1.66. The molecule has 0 radical (unpaired) electrons. The fourth-order valence-corrected chi connectivity index (χ4v) is 0.986. The fraction of sp³-hybridized carbons (Fsp3) is 1.00. The van der Waals surface area contributed by atoms with E-state index in [1.165, 1.54) is 25.4 Å². The van der Waals surface area contributed by atoms with Crippen molar-refractivity contribution < 1.29 is 0 Å². The van der Waals surface area contributed by atoms with Gasteiger partial charge in [0, 0.05) is 0 Å². The standard InChI is InChI=1S/C7H17P/c1-7(2)5-3-4-6-8/h7H,3-6,8H2,1-2H3. The number of unbranched alkanes of at least 4 members (excludes halogenated alkanes) is 1. The molecule has 50 valence electrons. The predicted molar refractivity (Wildman–Crippen MR) is 43.3 cm³/mol. The third-order valence-electron chi connectivity index (χ3n) is 1.24. The fourth-order valence-electron chi connectivity index (χ4n) is 0.697. The molecule has 0 heterocycles. The van der Waals surface area contributed by atoms with Crippen molar-refractivity contribution in [1.29, 1.82) is 0 Å². The maximum Gasteiger partial charge on any atom is -0.0381 e. The summed E-state index contributed by atoms with van der Waals surface area (Å²) in [6, 6.07) is 0. The minimum atomic E-state index is 0.895. The predicted octanol–water partition coefficient (Wildman–Crippen LogP) is 2.69. The van der Waals surface area contributed by atoms with Crippen molar-refractivity contribution >= 4 is 9.24 Å². The van der Waals surface area contributed by atoms with Crippen LogP contribution in [0.5, 0.6) is 0 Å². The van der Waals surface area contributed by atoms with Gasteiger partial charge >= 0.3 is 0 Å². The number of hydrogen-bond donors (Lipinski definition) is 0.